The highest BCUT2D eigenvalue weighted by molar-refractivity contribution is 5.85. The normalized spacial score (nSPS) is 11.5. The third kappa shape index (κ3) is 5.88. The number of tetrazole rings is 1. The maximum Gasteiger partial charge on any atom is 0.304 e. The number of nitrogens with one attached hydrogen (secondary N) is 1. The molecule has 2 heterocycles. The topological polar surface area (TPSA) is 140 Å². The summed E-state index contributed by atoms with van der Waals surface area (Å²) in [6.07, 6.45) is 1.39. The molecule has 33 heavy (non-hydrogen) atoms. The van der Waals surface area contributed by atoms with Crippen LogP contribution in [0.5, 0.6) is 11.6 Å². The fourth-order valence-electron chi connectivity index (χ4n) is 3.24. The van der Waals surface area contributed by atoms with Gasteiger partial charge >= 0.3 is 5.97 Å². The Bertz CT molecular complexity index is 1220. The molecular formula is C22H20ClFN6O3. The standard InChI is InChI=1S/C22H19FN6O3.ClH/c23-18-10-16(21-26-28-29-27-21)12-25-22(18)32-19-7-6-14(13-4-2-1-3-5-13)8-15(19)9-17(24)11-20(30)31;/h1-8,10,12,17H,9,11,24H2,(H,30,31)(H,26,27,28,29);1H. The number of halogens is 2. The van der Waals surface area contributed by atoms with E-state index in [-0.39, 0.29) is 37.0 Å². The molecule has 9 nitrogen and oxygen atoms in total. The van der Waals surface area contributed by atoms with Gasteiger partial charge in [0.15, 0.2) is 5.82 Å². The average molecular weight is 471 g/mol. The van der Waals surface area contributed by atoms with Gasteiger partial charge in [-0.25, -0.2) is 9.37 Å². The van der Waals surface area contributed by atoms with Crippen LogP contribution >= 0.6 is 12.4 Å². The first-order valence-corrected chi connectivity index (χ1v) is 9.72. The van der Waals surface area contributed by atoms with Crippen molar-refractivity contribution in [2.45, 2.75) is 18.9 Å². The molecular weight excluding hydrogens is 451 g/mol. The van der Waals surface area contributed by atoms with E-state index < -0.39 is 17.8 Å². The minimum Gasteiger partial charge on any atom is -0.481 e. The number of pyridine rings is 1. The fraction of sp³-hybridized carbons (Fsp3) is 0.136. The zero-order chi connectivity index (χ0) is 22.5. The molecule has 0 amide bonds. The van der Waals surface area contributed by atoms with Crippen LogP contribution in [0.25, 0.3) is 22.5 Å². The van der Waals surface area contributed by atoms with Gasteiger partial charge in [0.1, 0.15) is 5.75 Å². The van der Waals surface area contributed by atoms with Gasteiger partial charge in [-0.05, 0) is 46.5 Å². The number of hydrogen-bond donors (Lipinski definition) is 3. The molecule has 0 bridgehead atoms. The lowest BCUT2D eigenvalue weighted by Crippen LogP contribution is -2.26. The minimum absolute atomic E-state index is 0. The van der Waals surface area contributed by atoms with Crippen molar-refractivity contribution in [2.24, 2.45) is 5.73 Å². The molecule has 0 saturated carbocycles. The summed E-state index contributed by atoms with van der Waals surface area (Å²) in [5.41, 5.74) is 8.87. The maximum atomic E-state index is 14.7. The van der Waals surface area contributed by atoms with Crippen molar-refractivity contribution in [1.29, 1.82) is 0 Å². The van der Waals surface area contributed by atoms with Crippen molar-refractivity contribution in [3.05, 3.63) is 72.2 Å². The summed E-state index contributed by atoms with van der Waals surface area (Å²) >= 11 is 0. The molecule has 0 spiro atoms. The molecule has 2 aromatic heterocycles. The molecule has 0 aliphatic carbocycles. The molecule has 0 fully saturated rings. The van der Waals surface area contributed by atoms with Crippen LogP contribution in [0.4, 0.5) is 4.39 Å². The number of ether oxygens (including phenoxy) is 1. The Kier molecular flexibility index (Phi) is 7.65. The smallest absolute Gasteiger partial charge is 0.304 e. The summed E-state index contributed by atoms with van der Waals surface area (Å²) in [5.74, 6) is -1.40. The number of benzene rings is 2. The number of aromatic amines is 1. The zero-order valence-electron chi connectivity index (χ0n) is 17.2. The summed E-state index contributed by atoms with van der Waals surface area (Å²) in [6, 6.07) is 15.6. The van der Waals surface area contributed by atoms with Gasteiger partial charge in [-0.2, -0.15) is 5.21 Å². The van der Waals surface area contributed by atoms with Crippen molar-refractivity contribution in [3.8, 4) is 34.1 Å². The molecule has 0 aliphatic heterocycles. The molecule has 11 heteroatoms. The van der Waals surface area contributed by atoms with E-state index >= 15 is 0 Å². The Balaban J connectivity index is 0.00000306. The van der Waals surface area contributed by atoms with E-state index in [0.29, 0.717) is 16.9 Å². The largest absolute Gasteiger partial charge is 0.481 e. The van der Waals surface area contributed by atoms with E-state index in [1.807, 2.05) is 42.5 Å². The number of hydrogen-bond acceptors (Lipinski definition) is 7. The van der Waals surface area contributed by atoms with E-state index in [1.165, 1.54) is 12.3 Å². The maximum absolute atomic E-state index is 14.7. The van der Waals surface area contributed by atoms with Crippen LogP contribution in [0.2, 0.25) is 0 Å². The van der Waals surface area contributed by atoms with Gasteiger partial charge in [0.05, 0.1) is 6.42 Å². The van der Waals surface area contributed by atoms with E-state index in [4.69, 9.17) is 15.6 Å². The summed E-state index contributed by atoms with van der Waals surface area (Å²) in [7, 11) is 0. The summed E-state index contributed by atoms with van der Waals surface area (Å²) in [4.78, 5) is 15.1. The van der Waals surface area contributed by atoms with E-state index in [1.54, 1.807) is 6.07 Å². The molecule has 1 atom stereocenters. The van der Waals surface area contributed by atoms with Crippen LogP contribution in [0.3, 0.4) is 0 Å². The van der Waals surface area contributed by atoms with Crippen LogP contribution in [-0.4, -0.2) is 42.7 Å². The van der Waals surface area contributed by atoms with Crippen LogP contribution in [0.15, 0.2) is 60.8 Å². The Labute approximate surface area is 194 Å². The minimum atomic E-state index is -0.996. The number of carboxylic acid groups (broad SMARTS) is 1. The number of nitrogens with zero attached hydrogens (tertiary/aromatic N) is 4. The number of carboxylic acids is 1. The Morgan fingerprint density at radius 1 is 1.12 bits per heavy atom. The highest BCUT2D eigenvalue weighted by Crippen LogP contribution is 2.32. The predicted molar refractivity (Wildman–Crippen MR) is 120 cm³/mol. The van der Waals surface area contributed by atoms with E-state index in [2.05, 4.69) is 25.6 Å². The first-order valence-electron chi connectivity index (χ1n) is 9.72. The van der Waals surface area contributed by atoms with Crippen molar-refractivity contribution >= 4 is 18.4 Å². The van der Waals surface area contributed by atoms with Crippen molar-refractivity contribution < 1.29 is 19.0 Å². The van der Waals surface area contributed by atoms with Gasteiger partial charge in [-0.1, -0.05) is 36.4 Å². The zero-order valence-corrected chi connectivity index (χ0v) is 18.0. The monoisotopic (exact) mass is 470 g/mol. The molecule has 4 rings (SSSR count). The summed E-state index contributed by atoms with van der Waals surface area (Å²) in [6.45, 7) is 0. The number of aliphatic carboxylic acids is 1. The van der Waals surface area contributed by atoms with Crippen LogP contribution < -0.4 is 10.5 Å². The SMILES string of the molecule is Cl.NC(CC(=O)O)Cc1cc(-c2ccccc2)ccc1Oc1ncc(-c2nn[nH]n2)cc1F. The van der Waals surface area contributed by atoms with Crippen LogP contribution in [-0.2, 0) is 11.2 Å². The molecule has 0 saturated heterocycles. The van der Waals surface area contributed by atoms with Gasteiger partial charge < -0.3 is 15.6 Å². The number of nitrogens with two attached hydrogens (primary N) is 1. The number of H-pyrrole nitrogens is 1. The lowest BCUT2D eigenvalue weighted by Gasteiger charge is -2.16. The van der Waals surface area contributed by atoms with Crippen LogP contribution in [0.1, 0.15) is 12.0 Å². The first kappa shape index (κ1) is 23.8. The second-order valence-electron chi connectivity index (χ2n) is 7.10. The number of aromatic nitrogens is 5. The number of rotatable bonds is 8. The van der Waals surface area contributed by atoms with E-state index in [0.717, 1.165) is 11.1 Å². The predicted octanol–water partition coefficient (Wildman–Crippen LogP) is 3.63. The second kappa shape index (κ2) is 10.6. The summed E-state index contributed by atoms with van der Waals surface area (Å²) in [5, 5.41) is 22.4. The third-order valence-corrected chi connectivity index (χ3v) is 4.70. The fourth-order valence-corrected chi connectivity index (χ4v) is 3.24. The van der Waals surface area contributed by atoms with Crippen molar-refractivity contribution in [3.63, 3.8) is 0 Å². The molecule has 0 aliphatic rings. The van der Waals surface area contributed by atoms with Crippen molar-refractivity contribution in [2.75, 3.05) is 0 Å². The molecule has 0 radical (unpaired) electrons. The molecule has 2 aromatic carbocycles. The van der Waals surface area contributed by atoms with E-state index in [9.17, 15) is 9.18 Å². The van der Waals surface area contributed by atoms with Gasteiger partial charge in [0.2, 0.25) is 5.82 Å². The van der Waals surface area contributed by atoms with Crippen molar-refractivity contribution in [1.82, 2.24) is 25.6 Å². The third-order valence-electron chi connectivity index (χ3n) is 4.70. The Morgan fingerprint density at radius 3 is 2.58 bits per heavy atom. The molecule has 1 unspecified atom stereocenters. The first-order chi connectivity index (χ1) is 15.5. The Morgan fingerprint density at radius 2 is 1.91 bits per heavy atom. The quantitative estimate of drug-likeness (QED) is 0.354. The number of carbonyl (C=O) groups is 1. The van der Waals surface area contributed by atoms with Gasteiger partial charge in [-0.3, -0.25) is 4.79 Å². The lowest BCUT2D eigenvalue weighted by molar-refractivity contribution is -0.137. The Hall–Kier alpha value is -3.89. The molecule has 4 N–H and O–H groups in total. The highest BCUT2D eigenvalue weighted by Gasteiger charge is 2.17. The van der Waals surface area contributed by atoms with Crippen LogP contribution in [0, 0.1) is 5.82 Å². The molecule has 4 aromatic rings. The lowest BCUT2D eigenvalue weighted by atomic mass is 9.97. The van der Waals surface area contributed by atoms with Gasteiger partial charge in [0.25, 0.3) is 5.88 Å². The summed E-state index contributed by atoms with van der Waals surface area (Å²) < 4.78 is 20.4. The average Bonchev–Trinajstić information content (AvgIpc) is 3.31. The molecule has 170 valence electrons. The van der Waals surface area contributed by atoms with Gasteiger partial charge in [0, 0.05) is 17.8 Å². The highest BCUT2D eigenvalue weighted by atomic mass is 35.5. The van der Waals surface area contributed by atoms with Gasteiger partial charge in [-0.15, -0.1) is 22.6 Å². The second-order valence-corrected chi connectivity index (χ2v) is 7.10.